The van der Waals surface area contributed by atoms with Gasteiger partial charge in [0.2, 0.25) is 0 Å². The van der Waals surface area contributed by atoms with Gasteiger partial charge < -0.3 is 9.47 Å². The second kappa shape index (κ2) is 10.7. The Morgan fingerprint density at radius 3 is 2.12 bits per heavy atom. The number of ether oxygens (including phenoxy) is 2. The average molecular weight is 621 g/mol. The Morgan fingerprint density at radius 2 is 1.50 bits per heavy atom. The van der Waals surface area contributed by atoms with Gasteiger partial charge in [-0.15, -0.1) is 0 Å². The number of allylic oxidation sites excluding steroid dienone is 4. The molecular weight excluding hydrogens is 597 g/mol. The van der Waals surface area contributed by atoms with Gasteiger partial charge in [-0.1, -0.05) is 65.4 Å². The van der Waals surface area contributed by atoms with Crippen LogP contribution in [0.1, 0.15) is 23.7 Å². The Labute approximate surface area is 234 Å². The molecule has 12 heteroatoms. The van der Waals surface area contributed by atoms with Crippen molar-refractivity contribution in [3.8, 4) is 17.2 Å². The van der Waals surface area contributed by atoms with E-state index in [1.807, 2.05) is 66.8 Å². The van der Waals surface area contributed by atoms with E-state index in [1.54, 1.807) is 6.07 Å². The number of para-hydroxylation sites is 1. The molecule has 0 amide bonds. The Morgan fingerprint density at radius 1 is 0.875 bits per heavy atom. The Bertz CT molecular complexity index is 1510. The second-order valence-corrected chi connectivity index (χ2v) is 13.3. The van der Waals surface area contributed by atoms with E-state index < -0.39 is 18.3 Å². The van der Waals surface area contributed by atoms with E-state index in [4.69, 9.17) is 21.1 Å². The van der Waals surface area contributed by atoms with Crippen LogP contribution in [0, 0.1) is 5.92 Å². The quantitative estimate of drug-likeness (QED) is 0.0904. The van der Waals surface area contributed by atoms with Gasteiger partial charge in [0.05, 0.1) is 17.2 Å². The van der Waals surface area contributed by atoms with Crippen LogP contribution >= 0.6 is 19.4 Å². The van der Waals surface area contributed by atoms with Gasteiger partial charge in [0.25, 0.3) is 0 Å². The van der Waals surface area contributed by atoms with Crippen LogP contribution in [0.5, 0.6) is 17.2 Å². The molecule has 2 unspecified atom stereocenters. The van der Waals surface area contributed by atoms with Gasteiger partial charge in [0.1, 0.15) is 27.2 Å². The zero-order valence-corrected chi connectivity index (χ0v) is 23.5. The fraction of sp³-hybridized carbons (Fsp3) is 0.143. The molecule has 3 aromatic rings. The zero-order valence-electron chi connectivity index (χ0n) is 20.9. The number of hydrogen-bond donors (Lipinski definition) is 0. The van der Waals surface area contributed by atoms with Gasteiger partial charge in [-0.3, -0.25) is 4.79 Å². The van der Waals surface area contributed by atoms with Crippen molar-refractivity contribution >= 4 is 40.5 Å². The van der Waals surface area contributed by atoms with Gasteiger partial charge in [0, 0.05) is 0 Å². The summed E-state index contributed by atoms with van der Waals surface area (Å²) in [5.74, 6) is 2.04. The number of hydrogen-bond acceptors (Lipinski definition) is 3. The molecule has 2 aliphatic rings. The molecular formula is C28H24ClF6O3PS. The van der Waals surface area contributed by atoms with E-state index in [1.165, 1.54) is 0 Å². The first-order chi connectivity index (χ1) is 18.6. The molecule has 0 radical (unpaired) electrons. The molecule has 3 nitrogen and oxygen atoms in total. The zero-order chi connectivity index (χ0) is 29.2. The average Bonchev–Trinajstić information content (AvgIpc) is 2.88. The molecule has 1 aliphatic carbocycles. The van der Waals surface area contributed by atoms with Gasteiger partial charge in [-0.2, -0.15) is 0 Å². The van der Waals surface area contributed by atoms with Gasteiger partial charge in [-0.25, -0.2) is 0 Å². The molecule has 0 spiro atoms. The van der Waals surface area contributed by atoms with E-state index in [0.29, 0.717) is 17.2 Å². The fourth-order valence-electron chi connectivity index (χ4n) is 4.15. The van der Waals surface area contributed by atoms with Crippen LogP contribution in [-0.4, -0.2) is 17.3 Å². The first kappa shape index (κ1) is 29.9. The predicted octanol–water partition coefficient (Wildman–Crippen LogP) is 10.2. The van der Waals surface area contributed by atoms with Crippen LogP contribution in [0.4, 0.5) is 25.2 Å². The molecule has 0 N–H and O–H groups in total. The van der Waals surface area contributed by atoms with E-state index in [-0.39, 0.29) is 11.7 Å². The Kier molecular flexibility index (Phi) is 8.02. The number of benzene rings is 3. The molecule has 3 aromatic carbocycles. The van der Waals surface area contributed by atoms with Crippen molar-refractivity contribution in [2.24, 2.45) is 5.92 Å². The van der Waals surface area contributed by atoms with Crippen LogP contribution < -0.4 is 9.47 Å². The number of carbonyl (C=O) groups excluding carboxylic acids is 1. The van der Waals surface area contributed by atoms with E-state index in [2.05, 4.69) is 25.1 Å². The van der Waals surface area contributed by atoms with Crippen LogP contribution in [-0.2, 0) is 10.5 Å². The first-order valence-corrected chi connectivity index (χ1v) is 15.8. The topological polar surface area (TPSA) is 35.5 Å². The summed E-state index contributed by atoms with van der Waals surface area (Å²) in [5, 5.41) is 0.484. The molecule has 1 heterocycles. The molecule has 0 fully saturated rings. The summed E-state index contributed by atoms with van der Waals surface area (Å²) in [6.07, 6.45) is 8.88. The van der Waals surface area contributed by atoms with E-state index in [9.17, 15) is 30.0 Å². The summed E-state index contributed by atoms with van der Waals surface area (Å²) in [7, 11) is -11.7. The SMILES string of the molecule is CCCOc1ccc(Cl)c2c1[SH+](c1ccc(Oc3ccccc3)cc1)=C1C=CC=CC1C2=O.F[P-](F)(F)(F)(F)F. The maximum atomic E-state index is 13.5. The molecule has 214 valence electrons. The molecule has 0 aromatic heterocycles. The summed E-state index contributed by atoms with van der Waals surface area (Å²) in [4.78, 5) is 16.6. The first-order valence-electron chi connectivity index (χ1n) is 12.0. The predicted molar refractivity (Wildman–Crippen MR) is 150 cm³/mol. The Balaban J connectivity index is 0.000000470. The van der Waals surface area contributed by atoms with Crippen molar-refractivity contribution in [3.63, 3.8) is 0 Å². The molecule has 2 atom stereocenters. The van der Waals surface area contributed by atoms with E-state index >= 15 is 0 Å². The molecule has 40 heavy (non-hydrogen) atoms. The van der Waals surface area contributed by atoms with Gasteiger partial charge in [-0.05, 0) is 61.0 Å². The van der Waals surface area contributed by atoms with Crippen LogP contribution in [0.2, 0.25) is 5.02 Å². The fourth-order valence-corrected chi connectivity index (χ4v) is 7.26. The summed E-state index contributed by atoms with van der Waals surface area (Å²) in [6, 6.07) is 21.5. The number of fused-ring (bicyclic) bond motifs is 2. The molecule has 0 saturated heterocycles. The van der Waals surface area contributed by atoms with Crippen molar-refractivity contribution in [1.82, 2.24) is 0 Å². The molecule has 0 bridgehead atoms. The molecule has 1 aliphatic heterocycles. The second-order valence-electron chi connectivity index (χ2n) is 8.83. The number of halogens is 7. The molecule has 0 saturated carbocycles. The molecule has 5 rings (SSSR count). The van der Waals surface area contributed by atoms with Crippen molar-refractivity contribution in [3.05, 3.63) is 102 Å². The minimum absolute atomic E-state index is 0.0373. The maximum absolute atomic E-state index is 13.5. The number of Topliss-reactive ketones (excluding diaryl/α,β-unsaturated/α-hetero) is 1. The van der Waals surface area contributed by atoms with Crippen molar-refractivity contribution < 1.29 is 39.4 Å². The monoisotopic (exact) mass is 620 g/mol. The van der Waals surface area contributed by atoms with Crippen LogP contribution in [0.3, 0.4) is 0 Å². The summed E-state index contributed by atoms with van der Waals surface area (Å²) < 4.78 is 71.3. The van der Waals surface area contributed by atoms with Crippen molar-refractivity contribution in [2.45, 2.75) is 23.1 Å². The number of carbonyl (C=O) groups is 1. The van der Waals surface area contributed by atoms with Crippen molar-refractivity contribution in [1.29, 1.82) is 0 Å². The van der Waals surface area contributed by atoms with Crippen LogP contribution in [0.25, 0.3) is 0 Å². The normalized spacial score (nSPS) is 19.4. The van der Waals surface area contributed by atoms with Gasteiger partial charge in [0.15, 0.2) is 16.4 Å². The van der Waals surface area contributed by atoms with E-state index in [0.717, 1.165) is 38.3 Å². The number of rotatable bonds is 6. The third-order valence-corrected chi connectivity index (χ3v) is 8.60. The minimum atomic E-state index is -10.7. The number of thiol groups is 1. The van der Waals surface area contributed by atoms with Crippen molar-refractivity contribution in [2.75, 3.05) is 6.61 Å². The van der Waals surface area contributed by atoms with Crippen LogP contribution in [0.15, 0.2) is 101 Å². The van der Waals surface area contributed by atoms with Gasteiger partial charge >= 0.3 is 33.0 Å². The standard InChI is InChI=1S/C28H23ClO3S.F6P/c1-2-18-31-24-17-16-23(29)26-27(30)22-10-6-7-11-25(22)33(28(24)26)21-14-12-20(13-15-21)32-19-8-4-3-5-9-19;1-7(2,3,4,5)6/h3-17,22H,2,18H2,1H3;/q;-1/p+1. The Hall–Kier alpha value is -3.07. The third-order valence-electron chi connectivity index (χ3n) is 5.64. The summed E-state index contributed by atoms with van der Waals surface area (Å²) in [6.45, 7) is 2.66. The third kappa shape index (κ3) is 7.99. The summed E-state index contributed by atoms with van der Waals surface area (Å²) >= 11 is 6.61. The number of ketones is 1. The summed E-state index contributed by atoms with van der Waals surface area (Å²) in [5.41, 5.74) is 0.592.